The molecule has 0 radical (unpaired) electrons. The van der Waals surface area contributed by atoms with Gasteiger partial charge in [-0.05, 0) is 33.6 Å². The van der Waals surface area contributed by atoms with Crippen molar-refractivity contribution in [3.63, 3.8) is 0 Å². The summed E-state index contributed by atoms with van der Waals surface area (Å²) in [4.78, 5) is 13.4. The van der Waals surface area contributed by atoms with Crippen LogP contribution in [0.4, 0.5) is 9.18 Å². The molecule has 0 N–H and O–H groups in total. The highest BCUT2D eigenvalue weighted by atomic mass is 19.1. The maximum atomic E-state index is 13.6. The minimum absolute atomic E-state index is 0.303. The van der Waals surface area contributed by atoms with Crippen molar-refractivity contribution in [2.75, 3.05) is 20.2 Å². The van der Waals surface area contributed by atoms with Crippen LogP contribution in [0.15, 0.2) is 0 Å². The molecule has 0 saturated carbocycles. The van der Waals surface area contributed by atoms with Gasteiger partial charge in [0, 0.05) is 20.2 Å². The smallest absolute Gasteiger partial charge is 0.410 e. The van der Waals surface area contributed by atoms with Crippen molar-refractivity contribution in [2.24, 2.45) is 0 Å². The van der Waals surface area contributed by atoms with Crippen LogP contribution in [0, 0.1) is 0 Å². The van der Waals surface area contributed by atoms with Crippen LogP contribution in [0.1, 0.15) is 33.6 Å². The van der Waals surface area contributed by atoms with E-state index < -0.39 is 17.9 Å². The topological polar surface area (TPSA) is 38.8 Å². The molecule has 2 unspecified atom stereocenters. The molecule has 0 aromatic carbocycles. The third-order valence-corrected chi connectivity index (χ3v) is 2.72. The van der Waals surface area contributed by atoms with Gasteiger partial charge in [0.1, 0.15) is 11.8 Å². The lowest BCUT2D eigenvalue weighted by Gasteiger charge is -2.26. The highest BCUT2D eigenvalue weighted by Crippen LogP contribution is 2.19. The van der Waals surface area contributed by atoms with E-state index in [1.807, 2.05) is 20.8 Å². The summed E-state index contributed by atoms with van der Waals surface area (Å²) in [6.07, 6.45) is -0.981. The molecule has 2 atom stereocenters. The molecule has 1 aliphatic heterocycles. The molecule has 0 aromatic rings. The molecule has 0 aromatic heterocycles. The third kappa shape index (κ3) is 4.50. The standard InChI is InChI=1S/C12H22FNO3/c1-12(2,3)17-11(15)14-7-5-9(13)10(16-4)6-8-14/h9-10H,5-8H2,1-4H3. The zero-order chi connectivity index (χ0) is 13.1. The van der Waals surface area contributed by atoms with Gasteiger partial charge in [-0.15, -0.1) is 0 Å². The van der Waals surface area contributed by atoms with Crippen molar-refractivity contribution in [3.8, 4) is 0 Å². The van der Waals surface area contributed by atoms with E-state index in [4.69, 9.17) is 9.47 Å². The Balaban J connectivity index is 2.53. The van der Waals surface area contributed by atoms with Crippen LogP contribution in [0.2, 0.25) is 0 Å². The summed E-state index contributed by atoms with van der Waals surface area (Å²) in [6, 6.07) is 0. The minimum Gasteiger partial charge on any atom is -0.444 e. The number of rotatable bonds is 1. The molecule has 17 heavy (non-hydrogen) atoms. The second kappa shape index (κ2) is 5.67. The van der Waals surface area contributed by atoms with Crippen LogP contribution < -0.4 is 0 Å². The largest absolute Gasteiger partial charge is 0.444 e. The number of halogens is 1. The van der Waals surface area contributed by atoms with Gasteiger partial charge in [-0.25, -0.2) is 9.18 Å². The van der Waals surface area contributed by atoms with E-state index in [-0.39, 0.29) is 6.09 Å². The summed E-state index contributed by atoms with van der Waals surface area (Å²) in [5.41, 5.74) is -0.515. The summed E-state index contributed by atoms with van der Waals surface area (Å²) in [5, 5.41) is 0. The molecule has 4 nitrogen and oxygen atoms in total. The van der Waals surface area contributed by atoms with E-state index in [0.29, 0.717) is 25.9 Å². The first kappa shape index (κ1) is 14.2. The number of amides is 1. The fourth-order valence-corrected chi connectivity index (χ4v) is 1.82. The van der Waals surface area contributed by atoms with Crippen LogP contribution in [-0.4, -0.2) is 49.1 Å². The number of hydrogen-bond acceptors (Lipinski definition) is 3. The normalized spacial score (nSPS) is 26.5. The van der Waals surface area contributed by atoms with Crippen molar-refractivity contribution in [1.82, 2.24) is 4.90 Å². The van der Waals surface area contributed by atoms with Gasteiger partial charge >= 0.3 is 6.09 Å². The van der Waals surface area contributed by atoms with Crippen molar-refractivity contribution in [2.45, 2.75) is 51.5 Å². The van der Waals surface area contributed by atoms with Crippen LogP contribution in [0.25, 0.3) is 0 Å². The summed E-state index contributed by atoms with van der Waals surface area (Å²) >= 11 is 0. The van der Waals surface area contributed by atoms with E-state index in [1.165, 1.54) is 7.11 Å². The molecular weight excluding hydrogens is 225 g/mol. The quantitative estimate of drug-likeness (QED) is 0.714. The minimum atomic E-state index is -1.01. The molecule has 1 heterocycles. The number of methoxy groups -OCH3 is 1. The first-order valence-corrected chi connectivity index (χ1v) is 5.98. The number of carbonyl (C=O) groups is 1. The van der Waals surface area contributed by atoms with Crippen molar-refractivity contribution >= 4 is 6.09 Å². The Morgan fingerprint density at radius 3 is 2.41 bits per heavy atom. The molecule has 100 valence electrons. The Bertz CT molecular complexity index is 265. The van der Waals surface area contributed by atoms with E-state index in [9.17, 15) is 9.18 Å². The predicted octanol–water partition coefficient (Wildman–Crippen LogP) is 2.37. The average molecular weight is 247 g/mol. The summed E-state index contributed by atoms with van der Waals surface area (Å²) in [7, 11) is 1.50. The van der Waals surface area contributed by atoms with Crippen LogP contribution >= 0.6 is 0 Å². The first-order chi connectivity index (χ1) is 7.83. The molecule has 0 spiro atoms. The molecule has 0 aliphatic carbocycles. The number of ether oxygens (including phenoxy) is 2. The fraction of sp³-hybridized carbons (Fsp3) is 0.917. The average Bonchev–Trinajstić information content (AvgIpc) is 2.37. The van der Waals surface area contributed by atoms with Crippen LogP contribution in [0.3, 0.4) is 0 Å². The second-order valence-electron chi connectivity index (χ2n) is 5.33. The Morgan fingerprint density at radius 2 is 1.88 bits per heavy atom. The lowest BCUT2D eigenvalue weighted by atomic mass is 10.1. The monoisotopic (exact) mass is 247 g/mol. The Hall–Kier alpha value is -0.840. The van der Waals surface area contributed by atoms with E-state index in [0.717, 1.165) is 0 Å². The molecule has 1 saturated heterocycles. The predicted molar refractivity (Wildman–Crippen MR) is 62.7 cm³/mol. The Labute approximate surface area is 102 Å². The van der Waals surface area contributed by atoms with Gasteiger partial charge < -0.3 is 14.4 Å². The summed E-state index contributed by atoms with van der Waals surface area (Å²) in [6.45, 7) is 6.32. The van der Waals surface area contributed by atoms with Gasteiger partial charge in [-0.3, -0.25) is 0 Å². The number of likely N-dealkylation sites (tertiary alicyclic amines) is 1. The van der Waals surface area contributed by atoms with Gasteiger partial charge in [-0.2, -0.15) is 0 Å². The maximum Gasteiger partial charge on any atom is 0.410 e. The van der Waals surface area contributed by atoms with Crippen molar-refractivity contribution < 1.29 is 18.7 Å². The first-order valence-electron chi connectivity index (χ1n) is 5.98. The molecule has 5 heteroatoms. The van der Waals surface area contributed by atoms with Gasteiger partial charge in [0.2, 0.25) is 0 Å². The van der Waals surface area contributed by atoms with Gasteiger partial charge in [0.25, 0.3) is 0 Å². The van der Waals surface area contributed by atoms with Crippen molar-refractivity contribution in [1.29, 1.82) is 0 Å². The molecule has 1 rings (SSSR count). The highest BCUT2D eigenvalue weighted by molar-refractivity contribution is 5.68. The van der Waals surface area contributed by atoms with E-state index in [2.05, 4.69) is 0 Å². The maximum absolute atomic E-state index is 13.6. The fourth-order valence-electron chi connectivity index (χ4n) is 1.82. The lowest BCUT2D eigenvalue weighted by Crippen LogP contribution is -2.37. The van der Waals surface area contributed by atoms with E-state index in [1.54, 1.807) is 4.90 Å². The summed E-state index contributed by atoms with van der Waals surface area (Å²) < 4.78 is 23.9. The zero-order valence-electron chi connectivity index (χ0n) is 11.0. The Kier molecular flexibility index (Phi) is 4.74. The zero-order valence-corrected chi connectivity index (χ0v) is 11.0. The third-order valence-electron chi connectivity index (χ3n) is 2.72. The molecular formula is C12H22FNO3. The number of carbonyl (C=O) groups excluding carboxylic acids is 1. The van der Waals surface area contributed by atoms with Gasteiger partial charge in [0.05, 0.1) is 6.10 Å². The van der Waals surface area contributed by atoms with Gasteiger partial charge in [0.15, 0.2) is 0 Å². The van der Waals surface area contributed by atoms with Crippen LogP contribution in [-0.2, 0) is 9.47 Å². The molecule has 1 fully saturated rings. The van der Waals surface area contributed by atoms with Crippen LogP contribution in [0.5, 0.6) is 0 Å². The number of alkyl halides is 1. The molecule has 1 amide bonds. The SMILES string of the molecule is COC1CCN(C(=O)OC(C)(C)C)CCC1F. The second-order valence-corrected chi connectivity index (χ2v) is 5.33. The lowest BCUT2D eigenvalue weighted by molar-refractivity contribution is 0.0227. The highest BCUT2D eigenvalue weighted by Gasteiger charge is 2.30. The van der Waals surface area contributed by atoms with Gasteiger partial charge in [-0.1, -0.05) is 0 Å². The summed E-state index contributed by atoms with van der Waals surface area (Å²) in [5.74, 6) is 0. The number of nitrogens with zero attached hydrogens (tertiary/aromatic N) is 1. The number of hydrogen-bond donors (Lipinski definition) is 0. The molecule has 0 bridgehead atoms. The van der Waals surface area contributed by atoms with E-state index >= 15 is 0 Å². The Morgan fingerprint density at radius 1 is 1.29 bits per heavy atom. The van der Waals surface area contributed by atoms with Crippen molar-refractivity contribution in [3.05, 3.63) is 0 Å². The molecule has 1 aliphatic rings.